The maximum Gasteiger partial charge on any atom is 0.223 e. The summed E-state index contributed by atoms with van der Waals surface area (Å²) in [7, 11) is 0. The second-order valence-electron chi connectivity index (χ2n) is 3.65. The zero-order chi connectivity index (χ0) is 9.97. The Hall–Kier alpha value is -0.940. The number of ether oxygens (including phenoxy) is 1. The van der Waals surface area contributed by atoms with Gasteiger partial charge in [-0.05, 0) is 18.8 Å². The highest BCUT2D eigenvalue weighted by atomic mass is 16.5. The van der Waals surface area contributed by atoms with Crippen LogP contribution in [0.4, 0.5) is 0 Å². The molecule has 1 saturated heterocycles. The third-order valence-electron chi connectivity index (χ3n) is 2.62. The Bertz CT molecular complexity index is 294. The van der Waals surface area contributed by atoms with Crippen molar-refractivity contribution in [3.63, 3.8) is 0 Å². The van der Waals surface area contributed by atoms with Crippen molar-refractivity contribution < 1.29 is 9.26 Å². The maximum atomic E-state index is 6.04. The minimum Gasteiger partial charge on any atom is -0.381 e. The molecule has 1 unspecified atom stereocenters. The van der Waals surface area contributed by atoms with E-state index < -0.39 is 0 Å². The van der Waals surface area contributed by atoms with Crippen LogP contribution in [0.5, 0.6) is 0 Å². The molecular weight excluding hydrogens is 182 g/mol. The molecule has 2 N–H and O–H groups in total. The summed E-state index contributed by atoms with van der Waals surface area (Å²) >= 11 is 0. The van der Waals surface area contributed by atoms with Gasteiger partial charge in [0.1, 0.15) is 0 Å². The van der Waals surface area contributed by atoms with Gasteiger partial charge in [-0.1, -0.05) is 5.16 Å². The van der Waals surface area contributed by atoms with E-state index in [-0.39, 0.29) is 6.04 Å². The van der Waals surface area contributed by atoms with Crippen LogP contribution in [0, 0.1) is 12.8 Å². The largest absolute Gasteiger partial charge is 0.381 e. The fraction of sp³-hybridized carbons (Fsp3) is 0.778. The van der Waals surface area contributed by atoms with E-state index in [1.807, 2.05) is 0 Å². The van der Waals surface area contributed by atoms with Crippen LogP contribution in [-0.2, 0) is 4.74 Å². The highest BCUT2D eigenvalue weighted by Crippen LogP contribution is 2.26. The van der Waals surface area contributed by atoms with Gasteiger partial charge in [-0.2, -0.15) is 4.98 Å². The van der Waals surface area contributed by atoms with Crippen molar-refractivity contribution in [2.45, 2.75) is 25.8 Å². The van der Waals surface area contributed by atoms with Crippen LogP contribution in [0.3, 0.4) is 0 Å². The van der Waals surface area contributed by atoms with Crippen LogP contribution < -0.4 is 5.73 Å². The van der Waals surface area contributed by atoms with Crippen molar-refractivity contribution in [2.24, 2.45) is 11.7 Å². The quantitative estimate of drug-likeness (QED) is 0.759. The van der Waals surface area contributed by atoms with E-state index in [1.54, 1.807) is 6.92 Å². The molecule has 1 atom stereocenters. The zero-order valence-electron chi connectivity index (χ0n) is 8.27. The van der Waals surface area contributed by atoms with E-state index in [2.05, 4.69) is 10.1 Å². The average Bonchev–Trinajstić information content (AvgIpc) is 2.65. The Balaban J connectivity index is 2.03. The highest BCUT2D eigenvalue weighted by Gasteiger charge is 2.25. The molecule has 1 aliphatic heterocycles. The number of nitrogens with two attached hydrogens (primary N) is 1. The number of aryl methyl sites for hydroxylation is 1. The summed E-state index contributed by atoms with van der Waals surface area (Å²) in [6.07, 6.45) is 1.96. The molecule has 1 fully saturated rings. The van der Waals surface area contributed by atoms with Crippen molar-refractivity contribution in [1.29, 1.82) is 0 Å². The predicted octanol–water partition coefficient (Wildman–Crippen LogP) is 0.804. The predicted molar refractivity (Wildman–Crippen MR) is 49.5 cm³/mol. The molecule has 2 rings (SSSR count). The van der Waals surface area contributed by atoms with Crippen LogP contribution in [0.15, 0.2) is 4.52 Å². The van der Waals surface area contributed by atoms with Crippen LogP contribution in [-0.4, -0.2) is 23.4 Å². The van der Waals surface area contributed by atoms with E-state index in [0.717, 1.165) is 26.1 Å². The fourth-order valence-corrected chi connectivity index (χ4v) is 1.74. The van der Waals surface area contributed by atoms with Crippen molar-refractivity contribution in [3.05, 3.63) is 11.7 Å². The van der Waals surface area contributed by atoms with Gasteiger partial charge in [-0.3, -0.25) is 0 Å². The second kappa shape index (κ2) is 4.06. The summed E-state index contributed by atoms with van der Waals surface area (Å²) in [5.41, 5.74) is 6.04. The lowest BCUT2D eigenvalue weighted by molar-refractivity contribution is 0.0572. The minimum atomic E-state index is -0.114. The van der Waals surface area contributed by atoms with Crippen molar-refractivity contribution in [1.82, 2.24) is 10.1 Å². The lowest BCUT2D eigenvalue weighted by Gasteiger charge is -2.25. The Morgan fingerprint density at radius 2 is 2.14 bits per heavy atom. The number of nitrogens with zero attached hydrogens (tertiary/aromatic N) is 2. The molecule has 5 nitrogen and oxygen atoms in total. The van der Waals surface area contributed by atoms with E-state index >= 15 is 0 Å². The molecule has 0 aromatic carbocycles. The molecule has 1 aliphatic rings. The van der Waals surface area contributed by atoms with E-state index in [0.29, 0.717) is 17.6 Å². The van der Waals surface area contributed by atoms with Gasteiger partial charge in [0, 0.05) is 20.1 Å². The van der Waals surface area contributed by atoms with Gasteiger partial charge in [0.15, 0.2) is 5.82 Å². The molecule has 0 aliphatic carbocycles. The summed E-state index contributed by atoms with van der Waals surface area (Å²) in [6, 6.07) is -0.114. The summed E-state index contributed by atoms with van der Waals surface area (Å²) in [4.78, 5) is 4.14. The molecular formula is C9H15N3O2. The van der Waals surface area contributed by atoms with Crippen LogP contribution in [0.25, 0.3) is 0 Å². The first-order valence-electron chi connectivity index (χ1n) is 4.91. The van der Waals surface area contributed by atoms with Gasteiger partial charge in [-0.15, -0.1) is 0 Å². The Morgan fingerprint density at radius 3 is 2.71 bits per heavy atom. The lowest BCUT2D eigenvalue weighted by atomic mass is 9.92. The summed E-state index contributed by atoms with van der Waals surface area (Å²) in [6.45, 7) is 3.34. The lowest BCUT2D eigenvalue weighted by Crippen LogP contribution is -2.28. The van der Waals surface area contributed by atoms with Gasteiger partial charge in [-0.25, -0.2) is 0 Å². The third-order valence-corrected chi connectivity index (χ3v) is 2.62. The van der Waals surface area contributed by atoms with Crippen molar-refractivity contribution in [2.75, 3.05) is 13.2 Å². The topological polar surface area (TPSA) is 74.2 Å². The van der Waals surface area contributed by atoms with Gasteiger partial charge in [0.2, 0.25) is 5.89 Å². The van der Waals surface area contributed by atoms with E-state index in [1.165, 1.54) is 0 Å². The highest BCUT2D eigenvalue weighted by molar-refractivity contribution is 4.95. The molecule has 14 heavy (non-hydrogen) atoms. The molecule has 0 bridgehead atoms. The van der Waals surface area contributed by atoms with Gasteiger partial charge in [0.05, 0.1) is 6.04 Å². The van der Waals surface area contributed by atoms with E-state index in [4.69, 9.17) is 15.0 Å². The van der Waals surface area contributed by atoms with Gasteiger partial charge in [0.25, 0.3) is 0 Å². The van der Waals surface area contributed by atoms with Crippen molar-refractivity contribution in [3.8, 4) is 0 Å². The SMILES string of the molecule is Cc1nc(C(N)C2CCOCC2)no1. The molecule has 2 heterocycles. The number of hydrogen-bond donors (Lipinski definition) is 1. The first-order chi connectivity index (χ1) is 6.77. The molecule has 0 amide bonds. The Morgan fingerprint density at radius 1 is 1.43 bits per heavy atom. The van der Waals surface area contributed by atoms with Crippen molar-refractivity contribution >= 4 is 0 Å². The normalized spacial score (nSPS) is 21.0. The van der Waals surface area contributed by atoms with Crippen LogP contribution >= 0.6 is 0 Å². The molecule has 5 heteroatoms. The average molecular weight is 197 g/mol. The molecule has 78 valence electrons. The second-order valence-corrected chi connectivity index (χ2v) is 3.65. The first-order valence-corrected chi connectivity index (χ1v) is 4.91. The van der Waals surface area contributed by atoms with Gasteiger partial charge < -0.3 is 15.0 Å². The molecule has 1 aromatic heterocycles. The molecule has 0 saturated carbocycles. The van der Waals surface area contributed by atoms with Crippen LogP contribution in [0.1, 0.15) is 30.6 Å². The van der Waals surface area contributed by atoms with E-state index in [9.17, 15) is 0 Å². The standard InChI is InChI=1S/C9H15N3O2/c1-6-11-9(12-14-6)8(10)7-2-4-13-5-3-7/h7-8H,2-5,10H2,1H3. The first kappa shape index (κ1) is 9.61. The number of rotatable bonds is 2. The molecule has 1 aromatic rings. The summed E-state index contributed by atoms with van der Waals surface area (Å²) < 4.78 is 10.2. The number of aromatic nitrogens is 2. The zero-order valence-corrected chi connectivity index (χ0v) is 8.27. The fourth-order valence-electron chi connectivity index (χ4n) is 1.74. The molecule has 0 radical (unpaired) electrons. The molecule has 0 spiro atoms. The Kier molecular flexibility index (Phi) is 2.79. The van der Waals surface area contributed by atoms with Gasteiger partial charge >= 0.3 is 0 Å². The maximum absolute atomic E-state index is 6.04. The number of hydrogen-bond acceptors (Lipinski definition) is 5. The summed E-state index contributed by atoms with van der Waals surface area (Å²) in [5, 5.41) is 3.84. The smallest absolute Gasteiger partial charge is 0.223 e. The monoisotopic (exact) mass is 197 g/mol. The minimum absolute atomic E-state index is 0.114. The van der Waals surface area contributed by atoms with Crippen LogP contribution in [0.2, 0.25) is 0 Å². The summed E-state index contributed by atoms with van der Waals surface area (Å²) in [5.74, 6) is 1.61. The Labute approximate surface area is 82.6 Å². The third kappa shape index (κ3) is 1.93.